The van der Waals surface area contributed by atoms with Crippen molar-refractivity contribution < 1.29 is 4.74 Å². The third-order valence-corrected chi connectivity index (χ3v) is 4.81. The van der Waals surface area contributed by atoms with Gasteiger partial charge in [-0.3, -0.25) is 4.99 Å². The number of guanidine groups is 1. The number of aliphatic imine (C=N–C) groups is 1. The fourth-order valence-electron chi connectivity index (χ4n) is 3.00. The van der Waals surface area contributed by atoms with Crippen LogP contribution >= 0.6 is 15.9 Å². The lowest BCUT2D eigenvalue weighted by Crippen LogP contribution is -2.25. The van der Waals surface area contributed by atoms with Crippen LogP contribution in [0.2, 0.25) is 0 Å². The first-order valence-corrected chi connectivity index (χ1v) is 9.15. The minimum absolute atomic E-state index is 0.439. The van der Waals surface area contributed by atoms with Gasteiger partial charge >= 0.3 is 0 Å². The highest BCUT2D eigenvalue weighted by molar-refractivity contribution is 9.10. The SMILES string of the molecule is COc1cccc(NC(N)=NCC2CCN(c3cccc(Br)c3)C2)c1. The molecular weight excluding hydrogens is 380 g/mol. The number of nitrogens with zero attached hydrogens (tertiary/aromatic N) is 2. The largest absolute Gasteiger partial charge is 0.497 e. The Bertz CT molecular complexity index is 750. The predicted octanol–water partition coefficient (Wildman–Crippen LogP) is 3.71. The molecule has 1 aliphatic heterocycles. The molecule has 1 saturated heterocycles. The van der Waals surface area contributed by atoms with Crippen LogP contribution in [0.5, 0.6) is 5.75 Å². The van der Waals surface area contributed by atoms with Crippen molar-refractivity contribution in [2.24, 2.45) is 16.6 Å². The number of methoxy groups -OCH3 is 1. The van der Waals surface area contributed by atoms with Gasteiger partial charge in [0.2, 0.25) is 0 Å². The lowest BCUT2D eigenvalue weighted by Gasteiger charge is -2.18. The molecule has 1 aliphatic rings. The van der Waals surface area contributed by atoms with E-state index in [9.17, 15) is 0 Å². The summed E-state index contributed by atoms with van der Waals surface area (Å²) < 4.78 is 6.32. The van der Waals surface area contributed by atoms with Crippen LogP contribution in [-0.2, 0) is 0 Å². The fraction of sp³-hybridized carbons (Fsp3) is 0.316. The van der Waals surface area contributed by atoms with Gasteiger partial charge in [0.1, 0.15) is 5.75 Å². The van der Waals surface area contributed by atoms with Gasteiger partial charge in [0.25, 0.3) is 0 Å². The van der Waals surface area contributed by atoms with Crippen molar-refractivity contribution in [3.63, 3.8) is 0 Å². The molecule has 0 aliphatic carbocycles. The van der Waals surface area contributed by atoms with Gasteiger partial charge in [0.05, 0.1) is 7.11 Å². The summed E-state index contributed by atoms with van der Waals surface area (Å²) in [7, 11) is 1.65. The van der Waals surface area contributed by atoms with Gasteiger partial charge in [-0.25, -0.2) is 0 Å². The second kappa shape index (κ2) is 8.25. The minimum atomic E-state index is 0.439. The van der Waals surface area contributed by atoms with E-state index < -0.39 is 0 Å². The standard InChI is InChI=1S/C19H23BrN4O/c1-25-18-7-3-5-16(11-18)23-19(21)22-12-14-8-9-24(13-14)17-6-2-4-15(20)10-17/h2-7,10-11,14H,8-9,12-13H2,1H3,(H3,21,22,23). The number of nitrogens with two attached hydrogens (primary N) is 1. The summed E-state index contributed by atoms with van der Waals surface area (Å²) in [6, 6.07) is 16.1. The van der Waals surface area contributed by atoms with Crippen molar-refractivity contribution >= 4 is 33.3 Å². The predicted molar refractivity (Wildman–Crippen MR) is 108 cm³/mol. The first-order chi connectivity index (χ1) is 12.1. The minimum Gasteiger partial charge on any atom is -0.497 e. The first-order valence-electron chi connectivity index (χ1n) is 8.35. The van der Waals surface area contributed by atoms with Crippen LogP contribution in [0.3, 0.4) is 0 Å². The summed E-state index contributed by atoms with van der Waals surface area (Å²) in [4.78, 5) is 6.91. The highest BCUT2D eigenvalue weighted by Crippen LogP contribution is 2.26. The molecule has 2 aromatic carbocycles. The van der Waals surface area contributed by atoms with Crippen molar-refractivity contribution in [2.75, 3.05) is 37.0 Å². The summed E-state index contributed by atoms with van der Waals surface area (Å²) in [5, 5.41) is 3.12. The van der Waals surface area contributed by atoms with E-state index in [1.807, 2.05) is 30.3 Å². The molecule has 0 radical (unpaired) electrons. The maximum Gasteiger partial charge on any atom is 0.193 e. The smallest absolute Gasteiger partial charge is 0.193 e. The van der Waals surface area contributed by atoms with Crippen molar-refractivity contribution in [1.82, 2.24) is 0 Å². The van der Waals surface area contributed by atoms with Crippen molar-refractivity contribution in [3.8, 4) is 5.75 Å². The molecule has 0 saturated carbocycles. The van der Waals surface area contributed by atoms with Crippen LogP contribution < -0.4 is 20.7 Å². The summed E-state index contributed by atoms with van der Waals surface area (Å²) >= 11 is 3.53. The zero-order valence-electron chi connectivity index (χ0n) is 14.3. The third-order valence-electron chi connectivity index (χ3n) is 4.32. The summed E-state index contributed by atoms with van der Waals surface area (Å²) in [6.45, 7) is 2.79. The Labute approximate surface area is 157 Å². The van der Waals surface area contributed by atoms with E-state index in [2.05, 4.69) is 49.3 Å². The van der Waals surface area contributed by atoms with Gasteiger partial charge < -0.3 is 20.7 Å². The first kappa shape index (κ1) is 17.6. The molecular formula is C19H23BrN4O. The molecule has 1 fully saturated rings. The Hall–Kier alpha value is -2.21. The molecule has 0 amide bonds. The molecule has 0 aromatic heterocycles. The molecule has 2 aromatic rings. The highest BCUT2D eigenvalue weighted by Gasteiger charge is 2.22. The monoisotopic (exact) mass is 402 g/mol. The number of hydrogen-bond donors (Lipinski definition) is 2. The molecule has 0 spiro atoms. The molecule has 3 rings (SSSR count). The molecule has 3 N–H and O–H groups in total. The molecule has 25 heavy (non-hydrogen) atoms. The van der Waals surface area contributed by atoms with Crippen LogP contribution in [0.15, 0.2) is 58.0 Å². The molecule has 5 nitrogen and oxygen atoms in total. The molecule has 132 valence electrons. The number of benzene rings is 2. The van der Waals surface area contributed by atoms with Crippen LogP contribution in [0, 0.1) is 5.92 Å². The van der Waals surface area contributed by atoms with Crippen LogP contribution in [-0.4, -0.2) is 32.7 Å². The van der Waals surface area contributed by atoms with Crippen LogP contribution in [0.25, 0.3) is 0 Å². The van der Waals surface area contributed by atoms with Crippen molar-refractivity contribution in [3.05, 3.63) is 53.0 Å². The van der Waals surface area contributed by atoms with E-state index in [1.54, 1.807) is 7.11 Å². The maximum absolute atomic E-state index is 6.02. The van der Waals surface area contributed by atoms with Gasteiger partial charge in [0, 0.05) is 41.5 Å². The molecule has 1 unspecified atom stereocenters. The van der Waals surface area contributed by atoms with E-state index >= 15 is 0 Å². The van der Waals surface area contributed by atoms with Crippen molar-refractivity contribution in [2.45, 2.75) is 6.42 Å². The normalized spacial score (nSPS) is 17.6. The van der Waals surface area contributed by atoms with Gasteiger partial charge in [-0.15, -0.1) is 0 Å². The van der Waals surface area contributed by atoms with E-state index in [1.165, 1.54) is 5.69 Å². The fourth-order valence-corrected chi connectivity index (χ4v) is 3.39. The summed E-state index contributed by atoms with van der Waals surface area (Å²) in [5.74, 6) is 1.75. The average molecular weight is 403 g/mol. The summed E-state index contributed by atoms with van der Waals surface area (Å²) in [5.41, 5.74) is 8.15. The highest BCUT2D eigenvalue weighted by atomic mass is 79.9. The van der Waals surface area contributed by atoms with E-state index in [0.717, 1.165) is 42.0 Å². The van der Waals surface area contributed by atoms with Gasteiger partial charge in [-0.2, -0.15) is 0 Å². The van der Waals surface area contributed by atoms with Crippen molar-refractivity contribution in [1.29, 1.82) is 0 Å². The Balaban J connectivity index is 1.53. The van der Waals surface area contributed by atoms with Crippen LogP contribution in [0.4, 0.5) is 11.4 Å². The lowest BCUT2D eigenvalue weighted by atomic mass is 10.1. The number of ether oxygens (including phenoxy) is 1. The number of hydrogen-bond acceptors (Lipinski definition) is 3. The van der Waals surface area contributed by atoms with E-state index in [-0.39, 0.29) is 0 Å². The Morgan fingerprint density at radius 1 is 1.32 bits per heavy atom. The molecule has 6 heteroatoms. The topological polar surface area (TPSA) is 62.9 Å². The number of rotatable bonds is 5. The average Bonchev–Trinajstić information content (AvgIpc) is 3.09. The zero-order valence-corrected chi connectivity index (χ0v) is 15.9. The summed E-state index contributed by atoms with van der Waals surface area (Å²) in [6.07, 6.45) is 1.13. The Morgan fingerprint density at radius 3 is 2.96 bits per heavy atom. The van der Waals surface area contributed by atoms with Crippen LogP contribution in [0.1, 0.15) is 6.42 Å². The molecule has 0 bridgehead atoms. The number of anilines is 2. The van der Waals surface area contributed by atoms with E-state index in [0.29, 0.717) is 11.9 Å². The zero-order chi connectivity index (χ0) is 17.6. The van der Waals surface area contributed by atoms with Gasteiger partial charge in [-0.05, 0) is 42.7 Å². The maximum atomic E-state index is 6.02. The second-order valence-electron chi connectivity index (χ2n) is 6.16. The lowest BCUT2D eigenvalue weighted by molar-refractivity contribution is 0.415. The Kier molecular flexibility index (Phi) is 5.81. The second-order valence-corrected chi connectivity index (χ2v) is 7.08. The van der Waals surface area contributed by atoms with Gasteiger partial charge in [0.15, 0.2) is 5.96 Å². The van der Waals surface area contributed by atoms with E-state index in [4.69, 9.17) is 10.5 Å². The number of halogens is 1. The third kappa shape index (κ3) is 4.89. The Morgan fingerprint density at radius 2 is 2.16 bits per heavy atom. The number of nitrogens with one attached hydrogen (secondary N) is 1. The van der Waals surface area contributed by atoms with Gasteiger partial charge in [-0.1, -0.05) is 28.1 Å². The molecule has 1 heterocycles. The molecule has 1 atom stereocenters. The quantitative estimate of drug-likeness (QED) is 0.590.